The molecule has 2 N–H and O–H groups in total. The maximum atomic E-state index is 8.83. The molecule has 0 aliphatic carbocycles. The van der Waals surface area contributed by atoms with Crippen LogP contribution in [-0.2, 0) is 0 Å². The van der Waals surface area contributed by atoms with Crippen LogP contribution in [-0.4, -0.2) is 15.2 Å². The van der Waals surface area contributed by atoms with Crippen LogP contribution in [0.3, 0.4) is 0 Å². The molecule has 5 nitrogen and oxygen atoms in total. The standard InChI is InChI=1S/C11H10ClN5/c1-7(9-5-14-15-6-9)16-11-3-8(4-13)2-10(12)17-11/h2-3,5-7H,1H3,(H,14,15)(H,16,17). The highest BCUT2D eigenvalue weighted by atomic mass is 35.5. The summed E-state index contributed by atoms with van der Waals surface area (Å²) < 4.78 is 0. The van der Waals surface area contributed by atoms with E-state index in [2.05, 4.69) is 20.5 Å². The molecule has 2 rings (SSSR count). The monoisotopic (exact) mass is 247 g/mol. The third-order valence-electron chi connectivity index (χ3n) is 2.31. The van der Waals surface area contributed by atoms with E-state index in [4.69, 9.17) is 16.9 Å². The third kappa shape index (κ3) is 2.74. The van der Waals surface area contributed by atoms with Crippen molar-refractivity contribution >= 4 is 17.4 Å². The van der Waals surface area contributed by atoms with Crippen molar-refractivity contribution in [2.45, 2.75) is 13.0 Å². The second kappa shape index (κ2) is 4.85. The summed E-state index contributed by atoms with van der Waals surface area (Å²) in [6.07, 6.45) is 3.53. The predicted molar refractivity (Wildman–Crippen MR) is 64.6 cm³/mol. The fourth-order valence-electron chi connectivity index (χ4n) is 1.44. The molecule has 0 aliphatic rings. The van der Waals surface area contributed by atoms with Crippen molar-refractivity contribution in [1.82, 2.24) is 15.2 Å². The van der Waals surface area contributed by atoms with Crippen LogP contribution in [0.4, 0.5) is 5.82 Å². The molecule has 0 aromatic carbocycles. The number of hydrogen-bond donors (Lipinski definition) is 2. The highest BCUT2D eigenvalue weighted by Crippen LogP contribution is 2.19. The largest absolute Gasteiger partial charge is 0.363 e. The minimum atomic E-state index is 0.0336. The van der Waals surface area contributed by atoms with Gasteiger partial charge < -0.3 is 5.32 Å². The van der Waals surface area contributed by atoms with Crippen LogP contribution < -0.4 is 5.32 Å². The van der Waals surface area contributed by atoms with Crippen LogP contribution in [0.2, 0.25) is 5.15 Å². The number of nitrogens with zero attached hydrogens (tertiary/aromatic N) is 3. The van der Waals surface area contributed by atoms with Crippen LogP contribution >= 0.6 is 11.6 Å². The molecule has 86 valence electrons. The van der Waals surface area contributed by atoms with Crippen molar-refractivity contribution < 1.29 is 0 Å². The first-order chi connectivity index (χ1) is 8.19. The van der Waals surface area contributed by atoms with E-state index in [9.17, 15) is 0 Å². The van der Waals surface area contributed by atoms with Crippen LogP contribution in [0, 0.1) is 11.3 Å². The highest BCUT2D eigenvalue weighted by Gasteiger charge is 2.08. The minimum absolute atomic E-state index is 0.0336. The van der Waals surface area contributed by atoms with Crippen LogP contribution in [0.25, 0.3) is 0 Å². The molecule has 0 saturated heterocycles. The van der Waals surface area contributed by atoms with Gasteiger partial charge in [-0.05, 0) is 19.1 Å². The number of nitriles is 1. The average molecular weight is 248 g/mol. The first kappa shape index (κ1) is 11.4. The SMILES string of the molecule is CC(Nc1cc(C#N)cc(Cl)n1)c1cn[nH]c1. The second-order valence-electron chi connectivity index (χ2n) is 3.57. The lowest BCUT2D eigenvalue weighted by Crippen LogP contribution is -2.07. The van der Waals surface area contributed by atoms with Gasteiger partial charge in [0.25, 0.3) is 0 Å². The summed E-state index contributed by atoms with van der Waals surface area (Å²) in [7, 11) is 0. The lowest BCUT2D eigenvalue weighted by Gasteiger charge is -2.12. The molecule has 2 heterocycles. The van der Waals surface area contributed by atoms with Gasteiger partial charge in [0, 0.05) is 11.8 Å². The van der Waals surface area contributed by atoms with Crippen LogP contribution in [0.15, 0.2) is 24.5 Å². The molecular weight excluding hydrogens is 238 g/mol. The summed E-state index contributed by atoms with van der Waals surface area (Å²) in [5, 5.41) is 18.9. The zero-order valence-electron chi connectivity index (χ0n) is 9.11. The summed E-state index contributed by atoms with van der Waals surface area (Å²) in [4.78, 5) is 4.10. The van der Waals surface area contributed by atoms with Gasteiger partial charge >= 0.3 is 0 Å². The number of rotatable bonds is 3. The Kier molecular flexibility index (Phi) is 3.26. The normalized spacial score (nSPS) is 11.8. The van der Waals surface area contributed by atoms with E-state index in [0.29, 0.717) is 16.5 Å². The molecule has 0 amide bonds. The Balaban J connectivity index is 2.19. The molecular formula is C11H10ClN5. The number of anilines is 1. The van der Waals surface area contributed by atoms with E-state index in [1.54, 1.807) is 18.5 Å². The summed E-state index contributed by atoms with van der Waals surface area (Å²) in [6.45, 7) is 1.97. The smallest absolute Gasteiger partial charge is 0.132 e. The van der Waals surface area contributed by atoms with Crippen molar-refractivity contribution in [3.05, 3.63) is 40.8 Å². The van der Waals surface area contributed by atoms with Crippen molar-refractivity contribution in [3.8, 4) is 6.07 Å². The van der Waals surface area contributed by atoms with Crippen molar-refractivity contribution in [1.29, 1.82) is 5.26 Å². The number of nitrogens with one attached hydrogen (secondary N) is 2. The molecule has 2 aromatic heterocycles. The molecule has 2 aromatic rings. The van der Waals surface area contributed by atoms with Gasteiger partial charge in [-0.2, -0.15) is 10.4 Å². The quantitative estimate of drug-likeness (QED) is 0.817. The number of H-pyrrole nitrogens is 1. The molecule has 1 atom stereocenters. The number of aromatic amines is 1. The number of aromatic nitrogens is 3. The molecule has 6 heteroatoms. The fourth-order valence-corrected chi connectivity index (χ4v) is 1.65. The van der Waals surface area contributed by atoms with Gasteiger partial charge in [0.2, 0.25) is 0 Å². The van der Waals surface area contributed by atoms with Gasteiger partial charge in [0.1, 0.15) is 11.0 Å². The molecule has 0 radical (unpaired) electrons. The van der Waals surface area contributed by atoms with Crippen molar-refractivity contribution in [2.24, 2.45) is 0 Å². The maximum Gasteiger partial charge on any atom is 0.132 e. The van der Waals surface area contributed by atoms with Gasteiger partial charge in [-0.3, -0.25) is 5.10 Å². The van der Waals surface area contributed by atoms with Crippen molar-refractivity contribution in [2.75, 3.05) is 5.32 Å². The second-order valence-corrected chi connectivity index (χ2v) is 3.96. The van der Waals surface area contributed by atoms with Crippen LogP contribution in [0.1, 0.15) is 24.1 Å². The Labute approximate surface area is 103 Å². The summed E-state index contributed by atoms with van der Waals surface area (Å²) >= 11 is 5.82. The molecule has 0 bridgehead atoms. The lowest BCUT2D eigenvalue weighted by molar-refractivity contribution is 0.875. The van der Waals surface area contributed by atoms with Gasteiger partial charge in [-0.15, -0.1) is 0 Å². The summed E-state index contributed by atoms with van der Waals surface area (Å²) in [5.41, 5.74) is 1.48. The van der Waals surface area contributed by atoms with Gasteiger partial charge in [0.15, 0.2) is 0 Å². The van der Waals surface area contributed by atoms with E-state index in [1.807, 2.05) is 13.0 Å². The number of hydrogen-bond acceptors (Lipinski definition) is 4. The summed E-state index contributed by atoms with van der Waals surface area (Å²) in [6, 6.07) is 5.25. The molecule has 17 heavy (non-hydrogen) atoms. The van der Waals surface area contributed by atoms with Gasteiger partial charge in [-0.1, -0.05) is 11.6 Å². The van der Waals surface area contributed by atoms with E-state index in [-0.39, 0.29) is 6.04 Å². The maximum absolute atomic E-state index is 8.83. The zero-order valence-corrected chi connectivity index (χ0v) is 9.86. The Morgan fingerprint density at radius 2 is 2.35 bits per heavy atom. The highest BCUT2D eigenvalue weighted by molar-refractivity contribution is 6.29. The summed E-state index contributed by atoms with van der Waals surface area (Å²) in [5.74, 6) is 0.572. The van der Waals surface area contributed by atoms with E-state index < -0.39 is 0 Å². The molecule has 0 spiro atoms. The molecule has 0 fully saturated rings. The number of halogens is 1. The Morgan fingerprint density at radius 1 is 1.53 bits per heavy atom. The molecule has 0 aliphatic heterocycles. The van der Waals surface area contributed by atoms with E-state index in [0.717, 1.165) is 5.56 Å². The van der Waals surface area contributed by atoms with Crippen molar-refractivity contribution in [3.63, 3.8) is 0 Å². The average Bonchev–Trinajstić information content (AvgIpc) is 2.81. The topological polar surface area (TPSA) is 77.4 Å². The molecule has 0 saturated carbocycles. The van der Waals surface area contributed by atoms with Crippen LogP contribution in [0.5, 0.6) is 0 Å². The Hall–Kier alpha value is -2.06. The van der Waals surface area contributed by atoms with E-state index in [1.165, 1.54) is 6.07 Å². The molecule has 1 unspecified atom stereocenters. The first-order valence-electron chi connectivity index (χ1n) is 5.02. The third-order valence-corrected chi connectivity index (χ3v) is 2.50. The lowest BCUT2D eigenvalue weighted by atomic mass is 10.2. The zero-order chi connectivity index (χ0) is 12.3. The Morgan fingerprint density at radius 3 is 3.00 bits per heavy atom. The minimum Gasteiger partial charge on any atom is -0.363 e. The van der Waals surface area contributed by atoms with E-state index >= 15 is 0 Å². The fraction of sp³-hybridized carbons (Fsp3) is 0.182. The number of pyridine rings is 1. The van der Waals surface area contributed by atoms with Gasteiger partial charge in [-0.25, -0.2) is 4.98 Å². The predicted octanol–water partition coefficient (Wildman–Crippen LogP) is 2.50. The Bertz CT molecular complexity index is 543. The first-order valence-corrected chi connectivity index (χ1v) is 5.39. The van der Waals surface area contributed by atoms with Gasteiger partial charge in [0.05, 0.1) is 23.9 Å².